The highest BCUT2D eigenvalue weighted by atomic mass is 28.4. The zero-order valence-electron chi connectivity index (χ0n) is 19.2. The molecule has 0 aliphatic carbocycles. The summed E-state index contributed by atoms with van der Waals surface area (Å²) in [7, 11) is -0.323. The van der Waals surface area contributed by atoms with Crippen LogP contribution in [0.15, 0.2) is 42.8 Å². The molecule has 1 N–H and O–H groups in total. The number of carbonyl (C=O) groups excluding carboxylic acids is 1. The first kappa shape index (κ1) is 25.2. The molecule has 1 aromatic rings. The van der Waals surface area contributed by atoms with Crippen LogP contribution in [0.4, 0.5) is 0 Å². The van der Waals surface area contributed by atoms with Gasteiger partial charge in [0, 0.05) is 32.0 Å². The van der Waals surface area contributed by atoms with Gasteiger partial charge in [0.25, 0.3) is 5.91 Å². The first-order valence-electron chi connectivity index (χ1n) is 9.98. The Morgan fingerprint density at radius 3 is 2.38 bits per heavy atom. The SMILES string of the molecule is C=C[C@H](OC)[C@@H](O[Si](C)(C)C(C)(C)C)[C@H](C)/C=C(/C)CNC(=O)c1ncccn1. The summed E-state index contributed by atoms with van der Waals surface area (Å²) < 4.78 is 12.3. The van der Waals surface area contributed by atoms with Gasteiger partial charge in [-0.25, -0.2) is 9.97 Å². The Hall–Kier alpha value is -1.83. The molecule has 29 heavy (non-hydrogen) atoms. The molecule has 0 radical (unpaired) electrons. The van der Waals surface area contributed by atoms with Crippen LogP contribution in [0.5, 0.6) is 0 Å². The van der Waals surface area contributed by atoms with E-state index in [-0.39, 0.29) is 34.9 Å². The summed E-state index contributed by atoms with van der Waals surface area (Å²) in [6.45, 7) is 19.6. The number of aromatic nitrogens is 2. The van der Waals surface area contributed by atoms with E-state index in [2.05, 4.69) is 68.7 Å². The lowest BCUT2D eigenvalue weighted by atomic mass is 9.97. The summed E-state index contributed by atoms with van der Waals surface area (Å²) in [5, 5.41) is 2.95. The predicted molar refractivity (Wildman–Crippen MR) is 120 cm³/mol. The van der Waals surface area contributed by atoms with E-state index in [4.69, 9.17) is 9.16 Å². The molecule has 0 aliphatic rings. The zero-order valence-corrected chi connectivity index (χ0v) is 20.2. The van der Waals surface area contributed by atoms with Gasteiger partial charge in [-0.15, -0.1) is 6.58 Å². The lowest BCUT2D eigenvalue weighted by molar-refractivity contribution is 0.00598. The Balaban J connectivity index is 2.90. The molecule has 1 amide bonds. The first-order chi connectivity index (χ1) is 13.4. The molecular formula is C22H37N3O3Si. The van der Waals surface area contributed by atoms with E-state index in [1.165, 1.54) is 0 Å². The Morgan fingerprint density at radius 1 is 1.31 bits per heavy atom. The highest BCUT2D eigenvalue weighted by molar-refractivity contribution is 6.74. The quantitative estimate of drug-likeness (QED) is 0.450. The van der Waals surface area contributed by atoms with E-state index in [9.17, 15) is 4.79 Å². The molecule has 0 spiro atoms. The summed E-state index contributed by atoms with van der Waals surface area (Å²) in [4.78, 5) is 20.1. The summed E-state index contributed by atoms with van der Waals surface area (Å²) in [5.74, 6) is -0.0449. The van der Waals surface area contributed by atoms with Crippen LogP contribution in [0.25, 0.3) is 0 Å². The maximum atomic E-state index is 12.2. The van der Waals surface area contributed by atoms with Crippen molar-refractivity contribution in [2.45, 2.75) is 65.0 Å². The van der Waals surface area contributed by atoms with E-state index < -0.39 is 8.32 Å². The van der Waals surface area contributed by atoms with Gasteiger partial charge in [0.15, 0.2) is 8.32 Å². The average Bonchev–Trinajstić information content (AvgIpc) is 2.65. The summed E-state index contributed by atoms with van der Waals surface area (Å²) >= 11 is 0. The van der Waals surface area contributed by atoms with Crippen LogP contribution in [0, 0.1) is 5.92 Å². The Labute approximate surface area is 177 Å². The Kier molecular flexibility index (Phi) is 9.39. The van der Waals surface area contributed by atoms with Gasteiger partial charge in [0.05, 0.1) is 6.10 Å². The number of nitrogens with zero attached hydrogens (tertiary/aromatic N) is 2. The standard InChI is InChI=1S/C22H37N3O3Si/c1-10-18(27-7)19(28-29(8,9)22(4,5)6)17(3)14-16(2)15-25-21(26)20-23-12-11-13-24-20/h10-14,17-19H,1,15H2,2-9H3,(H,25,26)/b16-14-/t17-,18+,19+/m1/s1. The molecule has 0 aliphatic heterocycles. The van der Waals surface area contributed by atoms with Crippen molar-refractivity contribution in [2.75, 3.05) is 13.7 Å². The summed E-state index contributed by atoms with van der Waals surface area (Å²) in [6, 6.07) is 1.68. The van der Waals surface area contributed by atoms with Crippen molar-refractivity contribution in [1.82, 2.24) is 15.3 Å². The minimum atomic E-state index is -2.00. The second-order valence-electron chi connectivity index (χ2n) is 8.91. The van der Waals surface area contributed by atoms with Crippen LogP contribution in [0.3, 0.4) is 0 Å². The molecular weight excluding hydrogens is 382 g/mol. The highest BCUT2D eigenvalue weighted by Gasteiger charge is 2.41. The normalized spacial score (nSPS) is 16.1. The van der Waals surface area contributed by atoms with Gasteiger partial charge in [0.2, 0.25) is 5.82 Å². The van der Waals surface area contributed by atoms with Crippen LogP contribution in [0.1, 0.15) is 45.2 Å². The number of methoxy groups -OCH3 is 1. The molecule has 1 rings (SSSR count). The topological polar surface area (TPSA) is 73.3 Å². The number of carbonyl (C=O) groups is 1. The lowest BCUT2D eigenvalue weighted by Crippen LogP contribution is -2.49. The highest BCUT2D eigenvalue weighted by Crippen LogP contribution is 2.39. The second kappa shape index (κ2) is 10.8. The van der Waals surface area contributed by atoms with Crippen molar-refractivity contribution < 1.29 is 14.0 Å². The minimum Gasteiger partial charge on any atom is -0.410 e. The molecule has 0 saturated heterocycles. The van der Waals surface area contributed by atoms with Crippen molar-refractivity contribution >= 4 is 14.2 Å². The van der Waals surface area contributed by atoms with Crippen molar-refractivity contribution in [3.05, 3.63) is 48.6 Å². The molecule has 0 unspecified atom stereocenters. The molecule has 6 nitrogen and oxygen atoms in total. The molecule has 1 heterocycles. The predicted octanol–water partition coefficient (Wildman–Crippen LogP) is 4.38. The van der Waals surface area contributed by atoms with Crippen LogP contribution in [-0.2, 0) is 9.16 Å². The zero-order chi connectivity index (χ0) is 22.2. The second-order valence-corrected chi connectivity index (χ2v) is 13.7. The third-order valence-corrected chi connectivity index (χ3v) is 9.90. The number of hydrogen-bond donors (Lipinski definition) is 1. The van der Waals surface area contributed by atoms with Gasteiger partial charge < -0.3 is 14.5 Å². The summed E-state index contributed by atoms with van der Waals surface area (Å²) in [5.41, 5.74) is 1.03. The molecule has 162 valence electrons. The van der Waals surface area contributed by atoms with E-state index >= 15 is 0 Å². The van der Waals surface area contributed by atoms with Gasteiger partial charge in [0.1, 0.15) is 6.10 Å². The lowest BCUT2D eigenvalue weighted by Gasteiger charge is -2.42. The largest absolute Gasteiger partial charge is 0.410 e. The maximum absolute atomic E-state index is 12.2. The van der Waals surface area contributed by atoms with Crippen LogP contribution in [0.2, 0.25) is 18.1 Å². The van der Waals surface area contributed by atoms with Crippen molar-refractivity contribution in [1.29, 1.82) is 0 Å². The van der Waals surface area contributed by atoms with Crippen LogP contribution < -0.4 is 5.32 Å². The molecule has 0 bridgehead atoms. The van der Waals surface area contributed by atoms with E-state index in [0.717, 1.165) is 5.57 Å². The number of hydrogen-bond acceptors (Lipinski definition) is 5. The molecule has 7 heteroatoms. The molecule has 0 fully saturated rings. The maximum Gasteiger partial charge on any atom is 0.289 e. The Morgan fingerprint density at radius 2 is 1.90 bits per heavy atom. The first-order valence-corrected chi connectivity index (χ1v) is 12.9. The van der Waals surface area contributed by atoms with Gasteiger partial charge in [-0.1, -0.05) is 45.4 Å². The fourth-order valence-electron chi connectivity index (χ4n) is 2.67. The number of nitrogens with one attached hydrogen (secondary N) is 1. The monoisotopic (exact) mass is 419 g/mol. The smallest absolute Gasteiger partial charge is 0.289 e. The fraction of sp³-hybridized carbons (Fsp3) is 0.591. The van der Waals surface area contributed by atoms with Gasteiger partial charge in [-0.05, 0) is 31.1 Å². The van der Waals surface area contributed by atoms with E-state index in [1.807, 2.05) is 6.92 Å². The molecule has 0 aromatic carbocycles. The van der Waals surface area contributed by atoms with Crippen molar-refractivity contribution in [3.63, 3.8) is 0 Å². The minimum absolute atomic E-state index is 0.0805. The average molecular weight is 420 g/mol. The molecule has 3 atom stereocenters. The third kappa shape index (κ3) is 7.49. The van der Waals surface area contributed by atoms with Crippen LogP contribution >= 0.6 is 0 Å². The van der Waals surface area contributed by atoms with Crippen LogP contribution in [-0.4, -0.2) is 50.1 Å². The van der Waals surface area contributed by atoms with Gasteiger partial charge in [-0.3, -0.25) is 4.79 Å². The van der Waals surface area contributed by atoms with Gasteiger partial charge in [-0.2, -0.15) is 0 Å². The third-order valence-electron chi connectivity index (χ3n) is 5.43. The van der Waals surface area contributed by atoms with E-state index in [1.54, 1.807) is 31.6 Å². The molecule has 0 saturated carbocycles. The number of amides is 1. The number of rotatable bonds is 10. The van der Waals surface area contributed by atoms with Crippen molar-refractivity contribution in [3.8, 4) is 0 Å². The van der Waals surface area contributed by atoms with Gasteiger partial charge >= 0.3 is 0 Å². The fourth-order valence-corrected chi connectivity index (χ4v) is 4.06. The summed E-state index contributed by atoms with van der Waals surface area (Å²) in [6.07, 6.45) is 6.66. The van der Waals surface area contributed by atoms with E-state index in [0.29, 0.717) is 6.54 Å². The number of ether oxygens (including phenoxy) is 1. The van der Waals surface area contributed by atoms with Crippen molar-refractivity contribution in [2.24, 2.45) is 5.92 Å². The Bertz CT molecular complexity index is 699. The molecule has 1 aromatic heterocycles.